The van der Waals surface area contributed by atoms with Gasteiger partial charge in [0.2, 0.25) is 0 Å². The Morgan fingerprint density at radius 2 is 1.93 bits per heavy atom. The maximum absolute atomic E-state index is 11.9. The molecule has 3 nitrogen and oxygen atoms in total. The summed E-state index contributed by atoms with van der Waals surface area (Å²) >= 11 is 0. The minimum Gasteiger partial charge on any atom is -0.333 e. The van der Waals surface area contributed by atoms with Crippen molar-refractivity contribution in [3.8, 4) is 0 Å². The van der Waals surface area contributed by atoms with Crippen molar-refractivity contribution in [1.29, 1.82) is 0 Å². The van der Waals surface area contributed by atoms with Crippen LogP contribution in [0.3, 0.4) is 0 Å². The molecule has 0 bridgehead atoms. The average Bonchev–Trinajstić information content (AvgIpc) is 2.82. The van der Waals surface area contributed by atoms with E-state index in [4.69, 9.17) is 0 Å². The summed E-state index contributed by atoms with van der Waals surface area (Å²) in [5.41, 5.74) is 0.402. The molecule has 1 N–H and O–H groups in total. The summed E-state index contributed by atoms with van der Waals surface area (Å²) in [6.07, 6.45) is 5.16. The van der Waals surface area contributed by atoms with Gasteiger partial charge in [0.25, 0.3) is 0 Å². The van der Waals surface area contributed by atoms with Crippen LogP contribution in [0.1, 0.15) is 46.5 Å². The Hall–Kier alpha value is -0.730. The van der Waals surface area contributed by atoms with Crippen LogP contribution in [0, 0.1) is 5.41 Å². The summed E-state index contributed by atoms with van der Waals surface area (Å²) in [5, 5.41) is 3.04. The maximum atomic E-state index is 11.9. The van der Waals surface area contributed by atoms with Crippen LogP contribution in [-0.2, 0) is 0 Å². The van der Waals surface area contributed by atoms with Crippen LogP contribution >= 0.6 is 0 Å². The van der Waals surface area contributed by atoms with Gasteiger partial charge < -0.3 is 10.2 Å². The summed E-state index contributed by atoms with van der Waals surface area (Å²) < 4.78 is 0. The lowest BCUT2D eigenvalue weighted by atomic mass is 9.95. The molecule has 2 amide bonds. The fourth-order valence-electron chi connectivity index (χ4n) is 2.37. The van der Waals surface area contributed by atoms with Crippen LogP contribution < -0.4 is 5.32 Å². The third-order valence-electron chi connectivity index (χ3n) is 3.39. The Bertz CT molecular complexity index is 263. The number of carbonyl (C=O) groups is 1. The Labute approximate surface area is 92.2 Å². The first-order valence-electron chi connectivity index (χ1n) is 5.97. The molecule has 1 saturated heterocycles. The summed E-state index contributed by atoms with van der Waals surface area (Å²) in [6, 6.07) is 0.119. The number of hydrogen-bond donors (Lipinski definition) is 1. The van der Waals surface area contributed by atoms with Gasteiger partial charge in [-0.15, -0.1) is 0 Å². The first-order valence-corrected chi connectivity index (χ1v) is 5.97. The Kier molecular flexibility index (Phi) is 2.44. The second-order valence-electron chi connectivity index (χ2n) is 6.21. The third-order valence-corrected chi connectivity index (χ3v) is 3.39. The molecule has 0 aromatic carbocycles. The van der Waals surface area contributed by atoms with Crippen LogP contribution in [0.15, 0.2) is 0 Å². The molecule has 86 valence electrons. The van der Waals surface area contributed by atoms with Crippen molar-refractivity contribution in [2.24, 2.45) is 5.41 Å². The highest BCUT2D eigenvalue weighted by Gasteiger charge is 2.46. The average molecular weight is 210 g/mol. The van der Waals surface area contributed by atoms with Gasteiger partial charge in [-0.3, -0.25) is 0 Å². The zero-order valence-electron chi connectivity index (χ0n) is 10.1. The first-order chi connectivity index (χ1) is 6.90. The number of amides is 2. The van der Waals surface area contributed by atoms with E-state index >= 15 is 0 Å². The standard InChI is InChI=1S/C12H22N2O/c1-11(2,3)13-10(15)14-8-4-5-12(9-14)6-7-12/h4-9H2,1-3H3,(H,13,15). The number of piperidine rings is 1. The summed E-state index contributed by atoms with van der Waals surface area (Å²) in [4.78, 5) is 13.9. The van der Waals surface area contributed by atoms with Crippen LogP contribution in [0.5, 0.6) is 0 Å². The fourth-order valence-corrected chi connectivity index (χ4v) is 2.37. The molecule has 1 spiro atoms. The van der Waals surface area contributed by atoms with E-state index in [9.17, 15) is 4.79 Å². The van der Waals surface area contributed by atoms with Gasteiger partial charge >= 0.3 is 6.03 Å². The molecule has 3 heteroatoms. The van der Waals surface area contributed by atoms with E-state index in [2.05, 4.69) is 5.32 Å². The number of likely N-dealkylation sites (tertiary alicyclic amines) is 1. The number of nitrogens with zero attached hydrogens (tertiary/aromatic N) is 1. The van der Waals surface area contributed by atoms with Crippen molar-refractivity contribution in [3.05, 3.63) is 0 Å². The van der Waals surface area contributed by atoms with Crippen molar-refractivity contribution in [1.82, 2.24) is 10.2 Å². The third kappa shape index (κ3) is 2.64. The number of hydrogen-bond acceptors (Lipinski definition) is 1. The molecule has 0 unspecified atom stereocenters. The van der Waals surface area contributed by atoms with Gasteiger partial charge in [-0.25, -0.2) is 4.79 Å². The van der Waals surface area contributed by atoms with E-state index in [0.717, 1.165) is 13.1 Å². The zero-order chi connectivity index (χ0) is 11.1. The van der Waals surface area contributed by atoms with Gasteiger partial charge in [0.05, 0.1) is 0 Å². The van der Waals surface area contributed by atoms with Crippen LogP contribution in [0.25, 0.3) is 0 Å². The van der Waals surface area contributed by atoms with Gasteiger partial charge in [0.1, 0.15) is 0 Å². The van der Waals surface area contributed by atoms with E-state index in [1.807, 2.05) is 25.7 Å². The normalized spacial score (nSPS) is 24.1. The molecule has 15 heavy (non-hydrogen) atoms. The van der Waals surface area contributed by atoms with Gasteiger partial charge in [0, 0.05) is 18.6 Å². The minimum atomic E-state index is -0.120. The summed E-state index contributed by atoms with van der Waals surface area (Å²) in [7, 11) is 0. The topological polar surface area (TPSA) is 32.3 Å². The van der Waals surface area contributed by atoms with E-state index in [0.29, 0.717) is 5.41 Å². The molecule has 2 rings (SSSR count). The predicted molar refractivity (Wildman–Crippen MR) is 60.8 cm³/mol. The van der Waals surface area contributed by atoms with Crippen LogP contribution in [-0.4, -0.2) is 29.6 Å². The number of urea groups is 1. The van der Waals surface area contributed by atoms with E-state index < -0.39 is 0 Å². The number of carbonyl (C=O) groups excluding carboxylic acids is 1. The molecule has 2 aliphatic rings. The van der Waals surface area contributed by atoms with Crippen molar-refractivity contribution in [2.75, 3.05) is 13.1 Å². The lowest BCUT2D eigenvalue weighted by Gasteiger charge is -2.35. The highest BCUT2D eigenvalue weighted by Crippen LogP contribution is 2.51. The largest absolute Gasteiger partial charge is 0.333 e. The molecule has 1 heterocycles. The Balaban J connectivity index is 1.90. The minimum absolute atomic E-state index is 0.119. The molecule has 1 aliphatic carbocycles. The van der Waals surface area contributed by atoms with E-state index in [1.165, 1.54) is 25.7 Å². The molecular weight excluding hydrogens is 188 g/mol. The molecule has 0 radical (unpaired) electrons. The molecular formula is C12H22N2O. The lowest BCUT2D eigenvalue weighted by Crippen LogP contribution is -2.51. The van der Waals surface area contributed by atoms with Gasteiger partial charge in [-0.05, 0) is 51.9 Å². The van der Waals surface area contributed by atoms with Crippen molar-refractivity contribution in [2.45, 2.75) is 52.0 Å². The second-order valence-corrected chi connectivity index (χ2v) is 6.21. The molecule has 1 aliphatic heterocycles. The Morgan fingerprint density at radius 3 is 2.47 bits per heavy atom. The predicted octanol–water partition coefficient (Wildman–Crippen LogP) is 2.37. The smallest absolute Gasteiger partial charge is 0.317 e. The lowest BCUT2D eigenvalue weighted by molar-refractivity contribution is 0.151. The fraction of sp³-hybridized carbons (Fsp3) is 0.917. The highest BCUT2D eigenvalue weighted by molar-refractivity contribution is 5.75. The molecule has 2 fully saturated rings. The van der Waals surface area contributed by atoms with E-state index in [1.54, 1.807) is 0 Å². The van der Waals surface area contributed by atoms with E-state index in [-0.39, 0.29) is 11.6 Å². The Morgan fingerprint density at radius 1 is 1.27 bits per heavy atom. The molecule has 0 aromatic rings. The SMILES string of the molecule is CC(C)(C)NC(=O)N1CCCC2(CC2)C1. The summed E-state index contributed by atoms with van der Waals surface area (Å²) in [6.45, 7) is 8.00. The molecule has 0 atom stereocenters. The quantitative estimate of drug-likeness (QED) is 0.654. The highest BCUT2D eigenvalue weighted by atomic mass is 16.2. The van der Waals surface area contributed by atoms with Crippen molar-refractivity contribution >= 4 is 6.03 Å². The van der Waals surface area contributed by atoms with Gasteiger partial charge in [-0.2, -0.15) is 0 Å². The number of nitrogens with one attached hydrogen (secondary N) is 1. The zero-order valence-corrected chi connectivity index (χ0v) is 10.1. The van der Waals surface area contributed by atoms with Crippen LogP contribution in [0.4, 0.5) is 4.79 Å². The monoisotopic (exact) mass is 210 g/mol. The van der Waals surface area contributed by atoms with Gasteiger partial charge in [-0.1, -0.05) is 0 Å². The number of rotatable bonds is 0. The first kappa shape index (κ1) is 10.8. The maximum Gasteiger partial charge on any atom is 0.317 e. The summed E-state index contributed by atoms with van der Waals surface area (Å²) in [5.74, 6) is 0. The van der Waals surface area contributed by atoms with Crippen molar-refractivity contribution in [3.63, 3.8) is 0 Å². The molecule has 0 aromatic heterocycles. The van der Waals surface area contributed by atoms with Crippen molar-refractivity contribution < 1.29 is 4.79 Å². The van der Waals surface area contributed by atoms with Crippen LogP contribution in [0.2, 0.25) is 0 Å². The molecule has 1 saturated carbocycles. The van der Waals surface area contributed by atoms with Gasteiger partial charge in [0.15, 0.2) is 0 Å². The second kappa shape index (κ2) is 3.39.